The summed E-state index contributed by atoms with van der Waals surface area (Å²) in [7, 11) is 0. The highest BCUT2D eigenvalue weighted by Crippen LogP contribution is 2.21. The van der Waals surface area contributed by atoms with E-state index in [1.807, 2.05) is 6.92 Å². The monoisotopic (exact) mass is 348 g/mol. The second-order valence-electron chi connectivity index (χ2n) is 5.90. The Kier molecular flexibility index (Phi) is 4.78. The predicted molar refractivity (Wildman–Crippen MR) is 87.5 cm³/mol. The molecule has 1 aromatic heterocycles. The Balaban J connectivity index is 1.61. The van der Waals surface area contributed by atoms with Crippen LogP contribution in [0.25, 0.3) is 0 Å². The third kappa shape index (κ3) is 4.01. The van der Waals surface area contributed by atoms with Crippen LogP contribution in [-0.4, -0.2) is 40.1 Å². The summed E-state index contributed by atoms with van der Waals surface area (Å²) >= 11 is 0. The average Bonchev–Trinajstić information content (AvgIpc) is 2.98. The molecule has 8 heteroatoms. The highest BCUT2D eigenvalue weighted by Gasteiger charge is 2.29. The van der Waals surface area contributed by atoms with E-state index in [-0.39, 0.29) is 6.10 Å². The number of aromatic nitrogens is 2. The Morgan fingerprint density at radius 3 is 2.68 bits per heavy atom. The van der Waals surface area contributed by atoms with Crippen LogP contribution in [0.2, 0.25) is 0 Å². The SMILES string of the molecule is Cc1cc(O[C@H]2CCN(C(=O)Nc3c(F)cccc3F)C2)nc(C)n1. The number of carbonyl (C=O) groups is 1. The van der Waals surface area contributed by atoms with Crippen LogP contribution in [0.1, 0.15) is 17.9 Å². The van der Waals surface area contributed by atoms with E-state index in [0.717, 1.165) is 17.8 Å². The smallest absolute Gasteiger partial charge is 0.322 e. The molecule has 6 nitrogen and oxygen atoms in total. The second-order valence-corrected chi connectivity index (χ2v) is 5.90. The summed E-state index contributed by atoms with van der Waals surface area (Å²) in [6.45, 7) is 4.36. The number of aryl methyl sites for hydroxylation is 2. The van der Waals surface area contributed by atoms with Gasteiger partial charge in [-0.1, -0.05) is 6.07 Å². The van der Waals surface area contributed by atoms with Gasteiger partial charge in [-0.3, -0.25) is 0 Å². The standard InChI is InChI=1S/C17H18F2N4O2/c1-10-8-15(21-11(2)20-10)25-12-6-7-23(9-12)17(24)22-16-13(18)4-3-5-14(16)19/h3-5,8,12H,6-7,9H2,1-2H3,(H,22,24)/t12-/m0/s1. The fraction of sp³-hybridized carbons (Fsp3) is 0.353. The van der Waals surface area contributed by atoms with Gasteiger partial charge < -0.3 is 15.0 Å². The van der Waals surface area contributed by atoms with Gasteiger partial charge in [-0.25, -0.2) is 18.6 Å². The van der Waals surface area contributed by atoms with Crippen LogP contribution in [0, 0.1) is 25.5 Å². The van der Waals surface area contributed by atoms with Crippen molar-refractivity contribution in [2.45, 2.75) is 26.4 Å². The van der Waals surface area contributed by atoms with Gasteiger partial charge >= 0.3 is 6.03 Å². The van der Waals surface area contributed by atoms with Gasteiger partial charge in [0.2, 0.25) is 5.88 Å². The van der Waals surface area contributed by atoms with Crippen molar-refractivity contribution in [2.75, 3.05) is 18.4 Å². The molecule has 3 rings (SSSR count). The molecule has 2 heterocycles. The number of anilines is 1. The molecule has 0 unspecified atom stereocenters. The summed E-state index contributed by atoms with van der Waals surface area (Å²) in [6, 6.07) is 4.59. The van der Waals surface area contributed by atoms with E-state index in [4.69, 9.17) is 4.74 Å². The van der Waals surface area contributed by atoms with E-state index in [2.05, 4.69) is 15.3 Å². The number of hydrogen-bond donors (Lipinski definition) is 1. The first-order valence-electron chi connectivity index (χ1n) is 7.91. The summed E-state index contributed by atoms with van der Waals surface area (Å²) in [5, 5.41) is 2.28. The van der Waals surface area contributed by atoms with E-state index in [1.54, 1.807) is 13.0 Å². The molecule has 25 heavy (non-hydrogen) atoms. The molecular weight excluding hydrogens is 330 g/mol. The summed E-state index contributed by atoms with van der Waals surface area (Å²) in [4.78, 5) is 22.1. The topological polar surface area (TPSA) is 67.3 Å². The van der Waals surface area contributed by atoms with Crippen molar-refractivity contribution in [2.24, 2.45) is 0 Å². The minimum absolute atomic E-state index is 0.232. The second kappa shape index (κ2) is 7.00. The summed E-state index contributed by atoms with van der Waals surface area (Å²) in [6.07, 6.45) is 0.375. The molecule has 2 amide bonds. The number of rotatable bonds is 3. The van der Waals surface area contributed by atoms with Crippen LogP contribution in [0.4, 0.5) is 19.3 Å². The molecule has 0 radical (unpaired) electrons. The Bertz CT molecular complexity index is 760. The van der Waals surface area contributed by atoms with Crippen molar-refractivity contribution < 1.29 is 18.3 Å². The number of carbonyl (C=O) groups excluding carboxylic acids is 1. The summed E-state index contributed by atoms with van der Waals surface area (Å²) in [5.41, 5.74) is 0.351. The first-order chi connectivity index (χ1) is 11.9. The lowest BCUT2D eigenvalue weighted by atomic mass is 10.3. The van der Waals surface area contributed by atoms with Gasteiger partial charge in [-0.15, -0.1) is 0 Å². The quantitative estimate of drug-likeness (QED) is 0.926. The lowest BCUT2D eigenvalue weighted by Crippen LogP contribution is -2.35. The lowest BCUT2D eigenvalue weighted by Gasteiger charge is -2.18. The number of urea groups is 1. The zero-order chi connectivity index (χ0) is 18.0. The fourth-order valence-corrected chi connectivity index (χ4v) is 2.73. The molecule has 1 aromatic carbocycles. The maximum atomic E-state index is 13.6. The summed E-state index contributed by atoms with van der Waals surface area (Å²) < 4.78 is 33.0. The third-order valence-corrected chi connectivity index (χ3v) is 3.86. The molecule has 1 fully saturated rings. The number of likely N-dealkylation sites (tertiary alicyclic amines) is 1. The van der Waals surface area contributed by atoms with Crippen molar-refractivity contribution in [3.63, 3.8) is 0 Å². The molecule has 0 bridgehead atoms. The molecular formula is C17H18F2N4O2. The van der Waals surface area contributed by atoms with E-state index >= 15 is 0 Å². The number of amides is 2. The van der Waals surface area contributed by atoms with Gasteiger partial charge in [0, 0.05) is 24.7 Å². The van der Waals surface area contributed by atoms with Crippen molar-refractivity contribution in [1.82, 2.24) is 14.9 Å². The summed E-state index contributed by atoms with van der Waals surface area (Å²) in [5.74, 6) is -0.561. The van der Waals surface area contributed by atoms with Crippen LogP contribution in [0.5, 0.6) is 5.88 Å². The maximum absolute atomic E-state index is 13.6. The molecule has 1 saturated heterocycles. The highest BCUT2D eigenvalue weighted by molar-refractivity contribution is 5.89. The van der Waals surface area contributed by atoms with Gasteiger partial charge in [-0.2, -0.15) is 4.98 Å². The number of halogens is 2. The normalized spacial score (nSPS) is 16.8. The molecule has 0 spiro atoms. The van der Waals surface area contributed by atoms with Crippen LogP contribution in [-0.2, 0) is 0 Å². The first kappa shape index (κ1) is 17.1. The molecule has 1 atom stereocenters. The Morgan fingerprint density at radius 2 is 2.00 bits per heavy atom. The molecule has 2 aromatic rings. The van der Waals surface area contributed by atoms with Gasteiger partial charge in [0.05, 0.1) is 6.54 Å². The Labute approximate surface area is 143 Å². The Hall–Kier alpha value is -2.77. The van der Waals surface area contributed by atoms with Gasteiger partial charge in [0.1, 0.15) is 29.3 Å². The van der Waals surface area contributed by atoms with E-state index in [9.17, 15) is 13.6 Å². The highest BCUT2D eigenvalue weighted by atomic mass is 19.1. The minimum atomic E-state index is -0.813. The number of benzene rings is 1. The number of para-hydroxylation sites is 1. The van der Waals surface area contributed by atoms with E-state index < -0.39 is 23.4 Å². The largest absolute Gasteiger partial charge is 0.472 e. The van der Waals surface area contributed by atoms with Gasteiger partial charge in [-0.05, 0) is 26.0 Å². The number of nitrogens with one attached hydrogen (secondary N) is 1. The molecule has 132 valence electrons. The first-order valence-corrected chi connectivity index (χ1v) is 7.91. The lowest BCUT2D eigenvalue weighted by molar-refractivity contribution is 0.189. The van der Waals surface area contributed by atoms with Crippen molar-refractivity contribution in [3.8, 4) is 5.88 Å². The molecule has 1 N–H and O–H groups in total. The molecule has 1 aliphatic heterocycles. The Morgan fingerprint density at radius 1 is 1.28 bits per heavy atom. The van der Waals surface area contributed by atoms with Crippen molar-refractivity contribution in [3.05, 3.63) is 47.4 Å². The zero-order valence-electron chi connectivity index (χ0n) is 13.9. The molecule has 1 aliphatic rings. The predicted octanol–water partition coefficient (Wildman–Crippen LogP) is 3.06. The molecule has 0 saturated carbocycles. The third-order valence-electron chi connectivity index (χ3n) is 3.86. The minimum Gasteiger partial charge on any atom is -0.472 e. The fourth-order valence-electron chi connectivity index (χ4n) is 2.73. The number of hydrogen-bond acceptors (Lipinski definition) is 4. The van der Waals surface area contributed by atoms with Crippen molar-refractivity contribution >= 4 is 11.7 Å². The maximum Gasteiger partial charge on any atom is 0.322 e. The van der Waals surface area contributed by atoms with Gasteiger partial charge in [0.25, 0.3) is 0 Å². The van der Waals surface area contributed by atoms with Crippen LogP contribution < -0.4 is 10.1 Å². The van der Waals surface area contributed by atoms with Crippen molar-refractivity contribution in [1.29, 1.82) is 0 Å². The van der Waals surface area contributed by atoms with Crippen LogP contribution in [0.15, 0.2) is 24.3 Å². The van der Waals surface area contributed by atoms with Crippen LogP contribution >= 0.6 is 0 Å². The van der Waals surface area contributed by atoms with E-state index in [0.29, 0.717) is 31.2 Å². The van der Waals surface area contributed by atoms with Crippen LogP contribution in [0.3, 0.4) is 0 Å². The number of ether oxygens (including phenoxy) is 1. The molecule has 0 aliphatic carbocycles. The number of nitrogens with zero attached hydrogens (tertiary/aromatic N) is 3. The van der Waals surface area contributed by atoms with Gasteiger partial charge in [0.15, 0.2) is 0 Å². The van der Waals surface area contributed by atoms with E-state index in [1.165, 1.54) is 11.0 Å². The average molecular weight is 348 g/mol. The zero-order valence-corrected chi connectivity index (χ0v) is 13.9.